The van der Waals surface area contributed by atoms with Gasteiger partial charge in [0.05, 0.1) is 18.0 Å². The largest absolute Gasteiger partial charge is 0.494 e. The standard InChI is InChI=1S/C25H28N4O2/c30-25-11-9-19-8-10-22(16-24(19)26-25)31-15-5-4-13-28-14-12-23-20(17-28)18-29(27-23)21-6-2-1-3-7-21/h1-3,6-8,10,16,18H,4-5,9,11-15,17H2,(H,26,30). The quantitative estimate of drug-likeness (QED) is 0.592. The lowest BCUT2D eigenvalue weighted by Crippen LogP contribution is -2.31. The van der Waals surface area contributed by atoms with Gasteiger partial charge in [0, 0.05) is 49.4 Å². The van der Waals surface area contributed by atoms with E-state index in [0.29, 0.717) is 13.0 Å². The molecule has 2 aromatic carbocycles. The van der Waals surface area contributed by atoms with E-state index in [-0.39, 0.29) is 5.91 Å². The fourth-order valence-corrected chi connectivity index (χ4v) is 4.34. The molecule has 3 aromatic rings. The molecule has 31 heavy (non-hydrogen) atoms. The predicted octanol–water partition coefficient (Wildman–Crippen LogP) is 3.97. The zero-order chi connectivity index (χ0) is 21.0. The van der Waals surface area contributed by atoms with Crippen LogP contribution in [0, 0.1) is 0 Å². The first-order valence-electron chi connectivity index (χ1n) is 11.2. The van der Waals surface area contributed by atoms with Crippen molar-refractivity contribution in [3.05, 3.63) is 71.5 Å². The normalized spacial score (nSPS) is 15.8. The van der Waals surface area contributed by atoms with Crippen molar-refractivity contribution < 1.29 is 9.53 Å². The summed E-state index contributed by atoms with van der Waals surface area (Å²) in [4.78, 5) is 14.1. The van der Waals surface area contributed by atoms with E-state index in [9.17, 15) is 4.79 Å². The lowest BCUT2D eigenvalue weighted by Gasteiger charge is -2.25. The number of aryl methyl sites for hydroxylation is 1. The molecule has 1 amide bonds. The van der Waals surface area contributed by atoms with Crippen molar-refractivity contribution in [1.29, 1.82) is 0 Å². The molecule has 6 heteroatoms. The number of anilines is 1. The van der Waals surface area contributed by atoms with Crippen LogP contribution in [0.3, 0.4) is 0 Å². The Labute approximate surface area is 182 Å². The smallest absolute Gasteiger partial charge is 0.224 e. The molecule has 6 nitrogen and oxygen atoms in total. The van der Waals surface area contributed by atoms with Crippen LogP contribution in [0.5, 0.6) is 5.75 Å². The number of hydrogen-bond donors (Lipinski definition) is 1. The van der Waals surface area contributed by atoms with Crippen LogP contribution in [0.1, 0.15) is 36.1 Å². The lowest BCUT2D eigenvalue weighted by molar-refractivity contribution is -0.116. The summed E-state index contributed by atoms with van der Waals surface area (Å²) >= 11 is 0. The fourth-order valence-electron chi connectivity index (χ4n) is 4.34. The van der Waals surface area contributed by atoms with E-state index in [1.54, 1.807) is 0 Å². The predicted molar refractivity (Wildman–Crippen MR) is 121 cm³/mol. The number of aromatic nitrogens is 2. The highest BCUT2D eigenvalue weighted by atomic mass is 16.5. The van der Waals surface area contributed by atoms with Crippen LogP contribution in [0.4, 0.5) is 5.69 Å². The first-order chi connectivity index (χ1) is 15.2. The van der Waals surface area contributed by atoms with Gasteiger partial charge in [-0.3, -0.25) is 9.69 Å². The van der Waals surface area contributed by atoms with Gasteiger partial charge in [-0.1, -0.05) is 24.3 Å². The number of fused-ring (bicyclic) bond motifs is 2. The minimum Gasteiger partial charge on any atom is -0.494 e. The van der Waals surface area contributed by atoms with E-state index in [0.717, 1.165) is 62.4 Å². The summed E-state index contributed by atoms with van der Waals surface area (Å²) in [6, 6.07) is 16.3. The molecule has 0 saturated heterocycles. The Hall–Kier alpha value is -3.12. The molecule has 5 rings (SSSR count). The molecule has 2 aliphatic heterocycles. The van der Waals surface area contributed by atoms with Crippen LogP contribution >= 0.6 is 0 Å². The molecule has 0 saturated carbocycles. The molecule has 160 valence electrons. The first-order valence-corrected chi connectivity index (χ1v) is 11.2. The Kier molecular flexibility index (Phi) is 5.71. The van der Waals surface area contributed by atoms with Crippen LogP contribution in [0.25, 0.3) is 5.69 Å². The van der Waals surface area contributed by atoms with Gasteiger partial charge in [0.25, 0.3) is 0 Å². The van der Waals surface area contributed by atoms with Crippen LogP contribution < -0.4 is 10.1 Å². The van der Waals surface area contributed by atoms with Crippen molar-refractivity contribution in [2.24, 2.45) is 0 Å². The number of nitrogens with zero attached hydrogens (tertiary/aromatic N) is 3. The molecule has 2 aliphatic rings. The zero-order valence-electron chi connectivity index (χ0n) is 17.7. The average Bonchev–Trinajstić information content (AvgIpc) is 3.23. The maximum Gasteiger partial charge on any atom is 0.224 e. The molecule has 0 aliphatic carbocycles. The fraction of sp³-hybridized carbons (Fsp3) is 0.360. The maximum absolute atomic E-state index is 11.6. The molecule has 0 spiro atoms. The summed E-state index contributed by atoms with van der Waals surface area (Å²) in [6.07, 6.45) is 6.67. The van der Waals surface area contributed by atoms with Crippen molar-refractivity contribution in [2.75, 3.05) is 25.0 Å². The van der Waals surface area contributed by atoms with Crippen LogP contribution in [0.2, 0.25) is 0 Å². The lowest BCUT2D eigenvalue weighted by atomic mass is 10.0. The molecule has 3 heterocycles. The van der Waals surface area contributed by atoms with Gasteiger partial charge in [-0.25, -0.2) is 4.68 Å². The topological polar surface area (TPSA) is 59.4 Å². The van der Waals surface area contributed by atoms with E-state index < -0.39 is 0 Å². The number of benzene rings is 2. The van der Waals surface area contributed by atoms with Gasteiger partial charge in [-0.15, -0.1) is 0 Å². The van der Waals surface area contributed by atoms with E-state index in [4.69, 9.17) is 9.84 Å². The third-order valence-electron chi connectivity index (χ3n) is 6.07. The van der Waals surface area contributed by atoms with Gasteiger partial charge in [0.15, 0.2) is 0 Å². The van der Waals surface area contributed by atoms with Crippen molar-refractivity contribution in [1.82, 2.24) is 14.7 Å². The molecule has 0 radical (unpaired) electrons. The third kappa shape index (κ3) is 4.64. The monoisotopic (exact) mass is 416 g/mol. The van der Waals surface area contributed by atoms with Crippen LogP contribution in [-0.4, -0.2) is 40.3 Å². The molecular formula is C25H28N4O2. The van der Waals surface area contributed by atoms with Crippen LogP contribution in [0.15, 0.2) is 54.7 Å². The minimum atomic E-state index is 0.0867. The molecule has 0 atom stereocenters. The Bertz CT molecular complexity index is 1060. The van der Waals surface area contributed by atoms with Gasteiger partial charge >= 0.3 is 0 Å². The summed E-state index contributed by atoms with van der Waals surface area (Å²) < 4.78 is 7.93. The zero-order valence-corrected chi connectivity index (χ0v) is 17.7. The highest BCUT2D eigenvalue weighted by Gasteiger charge is 2.19. The number of unbranched alkanes of at least 4 members (excludes halogenated alkanes) is 1. The Balaban J connectivity index is 1.07. The van der Waals surface area contributed by atoms with Crippen LogP contribution in [-0.2, 0) is 24.2 Å². The summed E-state index contributed by atoms with van der Waals surface area (Å²) in [5.41, 5.74) is 5.76. The Morgan fingerprint density at radius 2 is 1.90 bits per heavy atom. The summed E-state index contributed by atoms with van der Waals surface area (Å²) in [6.45, 7) is 3.79. The van der Waals surface area contributed by atoms with Gasteiger partial charge in [0.2, 0.25) is 5.91 Å². The van der Waals surface area contributed by atoms with E-state index in [2.05, 4.69) is 34.6 Å². The van der Waals surface area contributed by atoms with Crippen molar-refractivity contribution in [2.45, 2.75) is 38.6 Å². The number of amides is 1. The third-order valence-corrected chi connectivity index (χ3v) is 6.07. The number of nitrogens with one attached hydrogen (secondary N) is 1. The molecule has 0 bridgehead atoms. The average molecular weight is 417 g/mol. The highest BCUT2D eigenvalue weighted by Crippen LogP contribution is 2.27. The Morgan fingerprint density at radius 3 is 2.81 bits per heavy atom. The van der Waals surface area contributed by atoms with Crippen molar-refractivity contribution in [3.8, 4) is 11.4 Å². The summed E-state index contributed by atoms with van der Waals surface area (Å²) in [7, 11) is 0. The highest BCUT2D eigenvalue weighted by molar-refractivity contribution is 5.94. The summed E-state index contributed by atoms with van der Waals surface area (Å²) in [5, 5.41) is 7.71. The molecule has 0 fully saturated rings. The second-order valence-corrected chi connectivity index (χ2v) is 8.33. The second kappa shape index (κ2) is 8.94. The number of carbonyl (C=O) groups is 1. The number of carbonyl (C=O) groups excluding carboxylic acids is 1. The van der Waals surface area contributed by atoms with E-state index in [1.807, 2.05) is 35.0 Å². The van der Waals surface area contributed by atoms with Gasteiger partial charge in [-0.2, -0.15) is 5.10 Å². The van der Waals surface area contributed by atoms with Gasteiger partial charge < -0.3 is 10.1 Å². The summed E-state index contributed by atoms with van der Waals surface area (Å²) in [5.74, 6) is 0.917. The number of hydrogen-bond acceptors (Lipinski definition) is 4. The van der Waals surface area contributed by atoms with E-state index >= 15 is 0 Å². The molecule has 0 unspecified atom stereocenters. The SMILES string of the molecule is O=C1CCc2ccc(OCCCCN3CCc4nn(-c5ccccc5)cc4C3)cc2N1. The second-order valence-electron chi connectivity index (χ2n) is 8.33. The van der Waals surface area contributed by atoms with Crippen molar-refractivity contribution in [3.63, 3.8) is 0 Å². The Morgan fingerprint density at radius 1 is 1.00 bits per heavy atom. The van der Waals surface area contributed by atoms with Gasteiger partial charge in [-0.05, 0) is 49.6 Å². The van der Waals surface area contributed by atoms with Crippen molar-refractivity contribution >= 4 is 11.6 Å². The van der Waals surface area contributed by atoms with E-state index in [1.165, 1.54) is 16.8 Å². The number of para-hydroxylation sites is 1. The number of rotatable bonds is 7. The maximum atomic E-state index is 11.6. The minimum absolute atomic E-state index is 0.0867. The van der Waals surface area contributed by atoms with Gasteiger partial charge in [0.1, 0.15) is 5.75 Å². The molecule has 1 N–H and O–H groups in total. The number of ether oxygens (including phenoxy) is 1. The molecule has 1 aromatic heterocycles. The molecular weight excluding hydrogens is 388 g/mol. The first kappa shape index (κ1) is 19.8.